The number of nitrogens with zero attached hydrogens (tertiary/aromatic N) is 2. The van der Waals surface area contributed by atoms with Gasteiger partial charge in [-0.15, -0.1) is 0 Å². The lowest BCUT2D eigenvalue weighted by molar-refractivity contribution is 0.0471. The van der Waals surface area contributed by atoms with Gasteiger partial charge in [0.05, 0.1) is 6.20 Å². The van der Waals surface area contributed by atoms with E-state index in [0.29, 0.717) is 10.2 Å². The van der Waals surface area contributed by atoms with Crippen LogP contribution in [0.3, 0.4) is 0 Å². The maximum absolute atomic E-state index is 11.7. The van der Waals surface area contributed by atoms with Crippen molar-refractivity contribution >= 4 is 21.9 Å². The fourth-order valence-corrected chi connectivity index (χ4v) is 1.72. The highest BCUT2D eigenvalue weighted by molar-refractivity contribution is 9.10. The Morgan fingerprint density at radius 3 is 2.71 bits per heavy atom. The number of hydrogen-bond donors (Lipinski definition) is 0. The van der Waals surface area contributed by atoms with Crippen molar-refractivity contribution in [3.63, 3.8) is 0 Å². The molecular formula is C12H11BrN2O2. The van der Waals surface area contributed by atoms with Crippen LogP contribution in [0.4, 0.5) is 0 Å². The zero-order valence-electron chi connectivity index (χ0n) is 9.26. The Kier molecular flexibility index (Phi) is 3.58. The van der Waals surface area contributed by atoms with Crippen LogP contribution < -0.4 is 0 Å². The first-order chi connectivity index (χ1) is 8.18. The van der Waals surface area contributed by atoms with Crippen molar-refractivity contribution in [2.24, 2.45) is 7.05 Å². The highest BCUT2D eigenvalue weighted by atomic mass is 79.9. The normalized spacial score (nSPS) is 10.2. The molecule has 1 aromatic heterocycles. The van der Waals surface area contributed by atoms with E-state index in [0.717, 1.165) is 5.56 Å². The molecule has 4 nitrogen and oxygen atoms in total. The van der Waals surface area contributed by atoms with Gasteiger partial charge in [0, 0.05) is 7.05 Å². The standard InChI is InChI=1S/C12H11BrN2O2/c1-15-11(13)10(7-14-15)12(16)17-8-9-5-3-2-4-6-9/h2-7H,8H2,1H3. The number of aromatic nitrogens is 2. The average Bonchev–Trinajstić information content (AvgIpc) is 2.69. The number of benzene rings is 1. The third-order valence-electron chi connectivity index (χ3n) is 2.30. The van der Waals surface area contributed by atoms with E-state index in [9.17, 15) is 4.79 Å². The number of halogens is 1. The number of hydrogen-bond acceptors (Lipinski definition) is 3. The molecule has 0 amide bonds. The Hall–Kier alpha value is -1.62. The molecule has 0 saturated carbocycles. The molecule has 88 valence electrons. The van der Waals surface area contributed by atoms with E-state index in [4.69, 9.17) is 4.74 Å². The molecule has 0 unspecified atom stereocenters. The second-order valence-electron chi connectivity index (χ2n) is 3.53. The molecule has 2 aromatic rings. The molecule has 0 bridgehead atoms. The van der Waals surface area contributed by atoms with Crippen LogP contribution in [-0.4, -0.2) is 15.7 Å². The molecule has 5 heteroatoms. The molecule has 0 atom stereocenters. The van der Waals surface area contributed by atoms with Crippen molar-refractivity contribution in [1.82, 2.24) is 9.78 Å². The van der Waals surface area contributed by atoms with Crippen LogP contribution in [0.25, 0.3) is 0 Å². The maximum Gasteiger partial charge on any atom is 0.342 e. The summed E-state index contributed by atoms with van der Waals surface area (Å²) < 4.78 is 7.38. The van der Waals surface area contributed by atoms with Crippen molar-refractivity contribution < 1.29 is 9.53 Å². The van der Waals surface area contributed by atoms with Crippen molar-refractivity contribution in [3.8, 4) is 0 Å². The monoisotopic (exact) mass is 294 g/mol. The zero-order chi connectivity index (χ0) is 12.3. The van der Waals surface area contributed by atoms with Gasteiger partial charge >= 0.3 is 5.97 Å². The highest BCUT2D eigenvalue weighted by Gasteiger charge is 2.15. The first kappa shape index (κ1) is 11.9. The molecule has 0 N–H and O–H groups in total. The van der Waals surface area contributed by atoms with Crippen molar-refractivity contribution in [3.05, 3.63) is 52.3 Å². The number of carbonyl (C=O) groups excluding carboxylic acids is 1. The van der Waals surface area contributed by atoms with Gasteiger partial charge in [-0.1, -0.05) is 30.3 Å². The Labute approximate surface area is 107 Å². The molecule has 0 aliphatic carbocycles. The minimum atomic E-state index is -0.381. The molecule has 0 aliphatic heterocycles. The van der Waals surface area contributed by atoms with Gasteiger partial charge in [-0.05, 0) is 21.5 Å². The number of carbonyl (C=O) groups is 1. The number of rotatable bonds is 3. The summed E-state index contributed by atoms with van der Waals surface area (Å²) in [5.74, 6) is -0.381. The van der Waals surface area contributed by atoms with E-state index in [-0.39, 0.29) is 12.6 Å². The summed E-state index contributed by atoms with van der Waals surface area (Å²) in [7, 11) is 1.75. The van der Waals surface area contributed by atoms with Crippen LogP contribution in [0.15, 0.2) is 41.1 Å². The topological polar surface area (TPSA) is 44.1 Å². The first-order valence-corrected chi connectivity index (χ1v) is 5.86. The fourth-order valence-electron chi connectivity index (χ4n) is 1.36. The Bertz CT molecular complexity index is 523. The lowest BCUT2D eigenvalue weighted by Gasteiger charge is -2.03. The van der Waals surface area contributed by atoms with Gasteiger partial charge in [0.2, 0.25) is 0 Å². The van der Waals surface area contributed by atoms with Crippen molar-refractivity contribution in [2.75, 3.05) is 0 Å². The van der Waals surface area contributed by atoms with Crippen LogP contribution in [0.2, 0.25) is 0 Å². The van der Waals surface area contributed by atoms with E-state index in [1.54, 1.807) is 11.7 Å². The summed E-state index contributed by atoms with van der Waals surface area (Å²) in [6, 6.07) is 9.55. The summed E-state index contributed by atoms with van der Waals surface area (Å²) in [6.45, 7) is 0.265. The van der Waals surface area contributed by atoms with Crippen LogP contribution in [0.5, 0.6) is 0 Å². The van der Waals surface area contributed by atoms with E-state index in [1.807, 2.05) is 30.3 Å². The third-order valence-corrected chi connectivity index (χ3v) is 3.24. The maximum atomic E-state index is 11.7. The molecule has 0 saturated heterocycles. The van der Waals surface area contributed by atoms with E-state index >= 15 is 0 Å². The van der Waals surface area contributed by atoms with Gasteiger partial charge in [0.15, 0.2) is 0 Å². The van der Waals surface area contributed by atoms with Gasteiger partial charge in [0.25, 0.3) is 0 Å². The third kappa shape index (κ3) is 2.74. The largest absolute Gasteiger partial charge is 0.457 e. The van der Waals surface area contributed by atoms with Crippen LogP contribution >= 0.6 is 15.9 Å². The van der Waals surface area contributed by atoms with E-state index in [2.05, 4.69) is 21.0 Å². The average molecular weight is 295 g/mol. The van der Waals surface area contributed by atoms with Gasteiger partial charge in [-0.25, -0.2) is 4.79 Å². The van der Waals surface area contributed by atoms with Gasteiger partial charge in [-0.3, -0.25) is 4.68 Å². The lowest BCUT2D eigenvalue weighted by atomic mass is 10.2. The van der Waals surface area contributed by atoms with Crippen molar-refractivity contribution in [1.29, 1.82) is 0 Å². The van der Waals surface area contributed by atoms with Gasteiger partial charge in [0.1, 0.15) is 16.8 Å². The molecular weight excluding hydrogens is 284 g/mol. The second-order valence-corrected chi connectivity index (χ2v) is 4.29. The van der Waals surface area contributed by atoms with Crippen molar-refractivity contribution in [2.45, 2.75) is 6.61 Å². The molecule has 1 aromatic carbocycles. The zero-order valence-corrected chi connectivity index (χ0v) is 10.8. The smallest absolute Gasteiger partial charge is 0.342 e. The van der Waals surface area contributed by atoms with Gasteiger partial charge in [-0.2, -0.15) is 5.10 Å². The van der Waals surface area contributed by atoms with Crippen LogP contribution in [0, 0.1) is 0 Å². The molecule has 0 radical (unpaired) electrons. The Morgan fingerprint density at radius 1 is 1.41 bits per heavy atom. The Balaban J connectivity index is 2.01. The lowest BCUT2D eigenvalue weighted by Crippen LogP contribution is -2.05. The fraction of sp³-hybridized carbons (Fsp3) is 0.167. The number of aryl methyl sites for hydroxylation is 1. The molecule has 1 heterocycles. The number of esters is 1. The van der Waals surface area contributed by atoms with Crippen LogP contribution in [-0.2, 0) is 18.4 Å². The molecule has 2 rings (SSSR count). The quantitative estimate of drug-likeness (QED) is 0.817. The van der Waals surface area contributed by atoms with Gasteiger partial charge < -0.3 is 4.74 Å². The minimum absolute atomic E-state index is 0.265. The molecule has 0 fully saturated rings. The molecule has 0 aliphatic rings. The molecule has 17 heavy (non-hydrogen) atoms. The summed E-state index contributed by atoms with van der Waals surface area (Å²) in [5, 5.41) is 3.96. The van der Waals surface area contributed by atoms with E-state index < -0.39 is 0 Å². The predicted molar refractivity (Wildman–Crippen MR) is 66.5 cm³/mol. The minimum Gasteiger partial charge on any atom is -0.457 e. The summed E-state index contributed by atoms with van der Waals surface area (Å²) in [4.78, 5) is 11.7. The summed E-state index contributed by atoms with van der Waals surface area (Å²) in [5.41, 5.74) is 1.39. The SMILES string of the molecule is Cn1ncc(C(=O)OCc2ccccc2)c1Br. The predicted octanol–water partition coefficient (Wildman–Crippen LogP) is 2.54. The van der Waals surface area contributed by atoms with E-state index in [1.165, 1.54) is 6.20 Å². The summed E-state index contributed by atoms with van der Waals surface area (Å²) in [6.07, 6.45) is 1.48. The number of ether oxygens (including phenoxy) is 1. The van der Waals surface area contributed by atoms with Crippen LogP contribution in [0.1, 0.15) is 15.9 Å². The summed E-state index contributed by atoms with van der Waals surface area (Å²) >= 11 is 3.28. The second kappa shape index (κ2) is 5.14. The molecule has 0 spiro atoms. The first-order valence-electron chi connectivity index (χ1n) is 5.07. The Morgan fingerprint density at radius 2 is 2.12 bits per heavy atom. The highest BCUT2D eigenvalue weighted by Crippen LogP contribution is 2.16.